The number of nitrogens with zero attached hydrogens (tertiary/aromatic N) is 4. The van der Waals surface area contributed by atoms with E-state index in [-0.39, 0.29) is 0 Å². The van der Waals surface area contributed by atoms with Crippen LogP contribution in [0, 0.1) is 0 Å². The average molecular weight is 381 g/mol. The Kier molecular flexibility index (Phi) is 3.98. The third kappa shape index (κ3) is 3.02. The molecule has 26 heavy (non-hydrogen) atoms. The highest BCUT2D eigenvalue weighted by Gasteiger charge is 2.29. The largest absolute Gasteiger partial charge is 0.316 e. The van der Waals surface area contributed by atoms with Crippen molar-refractivity contribution in [3.63, 3.8) is 0 Å². The van der Waals surface area contributed by atoms with E-state index in [0.29, 0.717) is 11.1 Å². The molecule has 0 saturated heterocycles. The predicted molar refractivity (Wildman–Crippen MR) is 106 cm³/mol. The fourth-order valence-corrected chi connectivity index (χ4v) is 4.28. The van der Waals surface area contributed by atoms with E-state index < -0.39 is 0 Å². The molecule has 0 atom stereocenters. The summed E-state index contributed by atoms with van der Waals surface area (Å²) in [6.45, 7) is 0. The second-order valence-corrected chi connectivity index (χ2v) is 7.91. The fraction of sp³-hybridized carbons (Fsp3) is 0.200. The minimum Gasteiger partial charge on any atom is -0.316 e. The van der Waals surface area contributed by atoms with Gasteiger partial charge in [-0.3, -0.25) is 0 Å². The van der Waals surface area contributed by atoms with Crippen LogP contribution < -0.4 is 0 Å². The first-order valence-corrected chi connectivity index (χ1v) is 10.0. The smallest absolute Gasteiger partial charge is 0.169 e. The van der Waals surface area contributed by atoms with Crippen molar-refractivity contribution in [2.75, 3.05) is 0 Å². The second kappa shape index (κ2) is 6.49. The van der Waals surface area contributed by atoms with E-state index >= 15 is 0 Å². The Morgan fingerprint density at radius 1 is 1.08 bits per heavy atom. The Hall–Kier alpha value is -2.24. The van der Waals surface area contributed by atoms with E-state index in [1.807, 2.05) is 41.2 Å². The Morgan fingerprint density at radius 2 is 1.92 bits per heavy atom. The number of benzene rings is 1. The molecule has 0 N–H and O–H groups in total. The third-order valence-corrected chi connectivity index (χ3v) is 5.78. The van der Waals surface area contributed by atoms with E-state index in [1.54, 1.807) is 11.8 Å². The van der Waals surface area contributed by atoms with Gasteiger partial charge < -0.3 is 8.97 Å². The molecule has 3 aromatic heterocycles. The normalized spacial score (nSPS) is 14.2. The van der Waals surface area contributed by atoms with Crippen molar-refractivity contribution in [1.82, 2.24) is 18.9 Å². The van der Waals surface area contributed by atoms with Crippen molar-refractivity contribution in [2.45, 2.75) is 29.8 Å². The van der Waals surface area contributed by atoms with Crippen molar-refractivity contribution in [3.8, 4) is 11.3 Å². The first-order valence-electron chi connectivity index (χ1n) is 8.66. The van der Waals surface area contributed by atoms with Gasteiger partial charge in [0.25, 0.3) is 0 Å². The van der Waals surface area contributed by atoms with Crippen LogP contribution >= 0.6 is 23.4 Å². The van der Waals surface area contributed by atoms with Crippen LogP contribution in [-0.2, 0) is 5.75 Å². The summed E-state index contributed by atoms with van der Waals surface area (Å²) in [4.78, 5) is 9.38. The molecule has 130 valence electrons. The van der Waals surface area contributed by atoms with E-state index in [4.69, 9.17) is 16.6 Å². The number of thioether (sulfide) groups is 1. The molecule has 0 amide bonds. The van der Waals surface area contributed by atoms with Crippen molar-refractivity contribution < 1.29 is 0 Å². The third-order valence-electron chi connectivity index (χ3n) is 4.56. The molecule has 1 fully saturated rings. The highest BCUT2D eigenvalue weighted by Crippen LogP contribution is 2.42. The second-order valence-electron chi connectivity index (χ2n) is 6.53. The summed E-state index contributed by atoms with van der Waals surface area (Å²) in [6.07, 6.45) is 8.39. The molecular weight excluding hydrogens is 364 g/mol. The lowest BCUT2D eigenvalue weighted by atomic mass is 10.2. The number of imidazole rings is 2. The maximum Gasteiger partial charge on any atom is 0.169 e. The summed E-state index contributed by atoms with van der Waals surface area (Å²) < 4.78 is 4.37. The lowest BCUT2D eigenvalue weighted by Gasteiger charge is -2.10. The minimum atomic E-state index is 0.579. The minimum absolute atomic E-state index is 0.579. The van der Waals surface area contributed by atoms with Crippen LogP contribution in [0.2, 0.25) is 5.02 Å². The maximum absolute atomic E-state index is 6.06. The van der Waals surface area contributed by atoms with Gasteiger partial charge in [-0.1, -0.05) is 53.7 Å². The fourth-order valence-electron chi connectivity index (χ4n) is 3.18. The van der Waals surface area contributed by atoms with Crippen LogP contribution in [-0.4, -0.2) is 18.9 Å². The predicted octanol–water partition coefficient (Wildman–Crippen LogP) is 5.48. The van der Waals surface area contributed by atoms with Crippen molar-refractivity contribution in [3.05, 3.63) is 71.8 Å². The number of hydrogen-bond acceptors (Lipinski definition) is 3. The number of halogens is 1. The van der Waals surface area contributed by atoms with E-state index in [2.05, 4.69) is 33.8 Å². The van der Waals surface area contributed by atoms with Gasteiger partial charge in [0, 0.05) is 24.2 Å². The van der Waals surface area contributed by atoms with Gasteiger partial charge in [0.2, 0.25) is 0 Å². The zero-order valence-electron chi connectivity index (χ0n) is 14.0. The SMILES string of the molecule is Clc1ccc2nc(CSc3ncc(-c4ccccc4)n3C3CC3)cn2c1. The van der Waals surface area contributed by atoms with Crippen LogP contribution in [0.5, 0.6) is 0 Å². The summed E-state index contributed by atoms with van der Waals surface area (Å²) >= 11 is 7.80. The number of pyridine rings is 1. The van der Waals surface area contributed by atoms with E-state index in [9.17, 15) is 0 Å². The summed E-state index contributed by atoms with van der Waals surface area (Å²) in [5, 5.41) is 1.78. The van der Waals surface area contributed by atoms with E-state index in [1.165, 1.54) is 24.1 Å². The molecule has 4 aromatic rings. The monoisotopic (exact) mass is 380 g/mol. The first-order chi connectivity index (χ1) is 12.8. The molecule has 4 nitrogen and oxygen atoms in total. The van der Waals surface area contributed by atoms with Gasteiger partial charge in [-0.2, -0.15) is 0 Å². The Morgan fingerprint density at radius 3 is 2.73 bits per heavy atom. The summed E-state index contributed by atoms with van der Waals surface area (Å²) in [5.74, 6) is 0.789. The van der Waals surface area contributed by atoms with Crippen molar-refractivity contribution in [2.24, 2.45) is 0 Å². The lowest BCUT2D eigenvalue weighted by molar-refractivity contribution is 0.669. The quantitative estimate of drug-likeness (QED) is 0.430. The molecule has 0 radical (unpaired) electrons. The van der Waals surface area contributed by atoms with Gasteiger partial charge >= 0.3 is 0 Å². The molecule has 1 aromatic carbocycles. The Bertz CT molecular complexity index is 1070. The standard InChI is InChI=1S/C20H17ClN4S/c21-15-6-9-19-23-16(12-24(19)11-15)13-26-20-22-10-18(25(20)17-7-8-17)14-4-2-1-3-5-14/h1-6,9-12,17H,7-8,13H2. The Labute approximate surface area is 160 Å². The van der Waals surface area contributed by atoms with E-state index in [0.717, 1.165) is 22.3 Å². The highest BCUT2D eigenvalue weighted by molar-refractivity contribution is 7.98. The first kappa shape index (κ1) is 16.0. The van der Waals surface area contributed by atoms with Crippen molar-refractivity contribution >= 4 is 29.0 Å². The highest BCUT2D eigenvalue weighted by atomic mass is 35.5. The number of aromatic nitrogens is 4. The number of rotatable bonds is 5. The zero-order chi connectivity index (χ0) is 17.5. The molecule has 3 heterocycles. The molecular formula is C20H17ClN4S. The van der Waals surface area contributed by atoms with Gasteiger partial charge in [-0.25, -0.2) is 9.97 Å². The van der Waals surface area contributed by atoms with Crippen LogP contribution in [0.4, 0.5) is 0 Å². The zero-order valence-corrected chi connectivity index (χ0v) is 15.6. The van der Waals surface area contributed by atoms with Crippen molar-refractivity contribution in [1.29, 1.82) is 0 Å². The lowest BCUT2D eigenvalue weighted by Crippen LogP contribution is -1.99. The van der Waals surface area contributed by atoms with Gasteiger partial charge in [-0.15, -0.1) is 0 Å². The summed E-state index contributed by atoms with van der Waals surface area (Å²) in [5.41, 5.74) is 4.38. The molecule has 0 bridgehead atoms. The summed E-state index contributed by atoms with van der Waals surface area (Å²) in [6, 6.07) is 14.9. The molecule has 1 aliphatic rings. The molecule has 0 spiro atoms. The number of fused-ring (bicyclic) bond motifs is 1. The molecule has 1 aliphatic carbocycles. The van der Waals surface area contributed by atoms with Gasteiger partial charge in [0.05, 0.1) is 22.6 Å². The maximum atomic E-state index is 6.06. The average Bonchev–Trinajstić information content (AvgIpc) is 3.28. The molecule has 6 heteroatoms. The van der Waals surface area contributed by atoms with Crippen LogP contribution in [0.1, 0.15) is 24.6 Å². The van der Waals surface area contributed by atoms with Gasteiger partial charge in [-0.05, 0) is 30.5 Å². The van der Waals surface area contributed by atoms with Gasteiger partial charge in [0.15, 0.2) is 5.16 Å². The van der Waals surface area contributed by atoms with Crippen LogP contribution in [0.25, 0.3) is 16.9 Å². The summed E-state index contributed by atoms with van der Waals surface area (Å²) in [7, 11) is 0. The Balaban J connectivity index is 1.42. The molecule has 0 aliphatic heterocycles. The van der Waals surface area contributed by atoms with Gasteiger partial charge in [0.1, 0.15) is 5.65 Å². The molecule has 1 saturated carbocycles. The molecule has 0 unspecified atom stereocenters. The van der Waals surface area contributed by atoms with Crippen LogP contribution in [0.3, 0.4) is 0 Å². The molecule has 5 rings (SSSR count). The topological polar surface area (TPSA) is 35.1 Å². The number of hydrogen-bond donors (Lipinski definition) is 0. The van der Waals surface area contributed by atoms with Crippen LogP contribution in [0.15, 0.2) is 66.2 Å².